The van der Waals surface area contributed by atoms with E-state index in [4.69, 9.17) is 4.42 Å². The topological polar surface area (TPSA) is 100 Å². The Kier molecular flexibility index (Phi) is 5.67. The molecule has 0 atom stereocenters. The van der Waals surface area contributed by atoms with Crippen molar-refractivity contribution in [2.75, 3.05) is 17.2 Å². The van der Waals surface area contributed by atoms with Crippen molar-refractivity contribution >= 4 is 29.1 Å². The zero-order valence-corrected chi connectivity index (χ0v) is 12.9. The number of carbonyl (C=O) groups is 3. The fourth-order valence-corrected chi connectivity index (χ4v) is 1.90. The van der Waals surface area contributed by atoms with Crippen LogP contribution >= 0.6 is 0 Å². The van der Waals surface area contributed by atoms with Crippen molar-refractivity contribution in [1.82, 2.24) is 5.32 Å². The molecule has 7 nitrogen and oxygen atoms in total. The molecule has 126 valence electrons. The summed E-state index contributed by atoms with van der Waals surface area (Å²) in [5.74, 6) is -1.64. The first-order chi connectivity index (χ1) is 11.5. The van der Waals surface area contributed by atoms with Gasteiger partial charge in [-0.25, -0.2) is 4.39 Å². The van der Waals surface area contributed by atoms with Crippen LogP contribution in [0.25, 0.3) is 0 Å². The van der Waals surface area contributed by atoms with E-state index >= 15 is 0 Å². The van der Waals surface area contributed by atoms with E-state index in [9.17, 15) is 18.8 Å². The van der Waals surface area contributed by atoms with Crippen molar-refractivity contribution in [3.63, 3.8) is 0 Å². The molecule has 3 N–H and O–H groups in total. The lowest BCUT2D eigenvalue weighted by Gasteiger charge is -2.09. The Morgan fingerprint density at radius 3 is 2.62 bits per heavy atom. The summed E-state index contributed by atoms with van der Waals surface area (Å²) in [4.78, 5) is 34.4. The third-order valence-corrected chi connectivity index (χ3v) is 2.94. The number of carbonyl (C=O) groups excluding carboxylic acids is 3. The van der Waals surface area contributed by atoms with Crippen molar-refractivity contribution < 1.29 is 23.2 Å². The predicted octanol–water partition coefficient (Wildman–Crippen LogP) is 2.14. The molecule has 0 saturated carbocycles. The molecular weight excluding hydrogens is 317 g/mol. The highest BCUT2D eigenvalue weighted by Gasteiger charge is 2.10. The Labute approximate surface area is 137 Å². The third-order valence-electron chi connectivity index (χ3n) is 2.94. The Balaban J connectivity index is 1.84. The molecule has 0 aliphatic carbocycles. The highest BCUT2D eigenvalue weighted by atomic mass is 19.1. The third kappa shape index (κ3) is 4.94. The molecule has 0 saturated heterocycles. The van der Waals surface area contributed by atoms with Gasteiger partial charge < -0.3 is 20.4 Å². The van der Waals surface area contributed by atoms with E-state index in [2.05, 4.69) is 16.0 Å². The molecule has 0 radical (unpaired) electrons. The molecule has 0 aliphatic heterocycles. The first-order valence-electron chi connectivity index (χ1n) is 7.14. The van der Waals surface area contributed by atoms with Gasteiger partial charge in [0.2, 0.25) is 11.8 Å². The normalized spacial score (nSPS) is 10.1. The van der Waals surface area contributed by atoms with Crippen molar-refractivity contribution in [1.29, 1.82) is 0 Å². The van der Waals surface area contributed by atoms with Crippen molar-refractivity contribution in [2.45, 2.75) is 13.3 Å². The maximum atomic E-state index is 13.5. The van der Waals surface area contributed by atoms with E-state index in [1.54, 1.807) is 6.07 Å². The lowest BCUT2D eigenvalue weighted by Crippen LogP contribution is -2.27. The highest BCUT2D eigenvalue weighted by molar-refractivity contribution is 5.94. The number of anilines is 2. The van der Waals surface area contributed by atoms with Gasteiger partial charge in [-0.2, -0.15) is 0 Å². The van der Waals surface area contributed by atoms with E-state index in [1.165, 1.54) is 31.4 Å². The summed E-state index contributed by atoms with van der Waals surface area (Å²) >= 11 is 0. The summed E-state index contributed by atoms with van der Waals surface area (Å²) in [7, 11) is 0. The molecule has 1 heterocycles. The second kappa shape index (κ2) is 7.91. The van der Waals surface area contributed by atoms with Gasteiger partial charge in [-0.05, 0) is 30.3 Å². The molecule has 0 spiro atoms. The standard InChI is InChI=1S/C16H16FN3O4/c1-10(21)19-13-9-11(4-5-12(13)17)20-15(22)6-7-18-16(23)14-3-2-8-24-14/h2-5,8-9H,6-7H2,1H3,(H,18,23)(H,19,21)(H,20,22). The number of rotatable bonds is 6. The molecule has 8 heteroatoms. The van der Waals surface area contributed by atoms with Gasteiger partial charge in [-0.3, -0.25) is 14.4 Å². The number of benzene rings is 1. The van der Waals surface area contributed by atoms with Gasteiger partial charge in [-0.1, -0.05) is 0 Å². The molecular formula is C16H16FN3O4. The molecule has 1 aromatic carbocycles. The van der Waals surface area contributed by atoms with Crippen LogP contribution in [-0.2, 0) is 9.59 Å². The zero-order chi connectivity index (χ0) is 17.5. The zero-order valence-electron chi connectivity index (χ0n) is 12.9. The minimum Gasteiger partial charge on any atom is -0.459 e. The molecule has 1 aromatic heterocycles. The lowest BCUT2D eigenvalue weighted by molar-refractivity contribution is -0.116. The maximum Gasteiger partial charge on any atom is 0.286 e. The van der Waals surface area contributed by atoms with Gasteiger partial charge in [0, 0.05) is 25.6 Å². The minimum atomic E-state index is -0.603. The smallest absolute Gasteiger partial charge is 0.286 e. The van der Waals surface area contributed by atoms with Crippen LogP contribution in [-0.4, -0.2) is 24.3 Å². The predicted molar refractivity (Wildman–Crippen MR) is 85.0 cm³/mol. The molecule has 2 aromatic rings. The lowest BCUT2D eigenvalue weighted by atomic mass is 10.2. The second-order valence-electron chi connectivity index (χ2n) is 4.91. The van der Waals surface area contributed by atoms with Crippen LogP contribution in [0.4, 0.5) is 15.8 Å². The number of hydrogen-bond donors (Lipinski definition) is 3. The number of halogens is 1. The fourth-order valence-electron chi connectivity index (χ4n) is 1.90. The molecule has 0 bridgehead atoms. The quantitative estimate of drug-likeness (QED) is 0.754. The van der Waals surface area contributed by atoms with Gasteiger partial charge in [0.25, 0.3) is 5.91 Å². The van der Waals surface area contributed by atoms with Crippen molar-refractivity contribution in [3.8, 4) is 0 Å². The van der Waals surface area contributed by atoms with Gasteiger partial charge >= 0.3 is 0 Å². The molecule has 0 unspecified atom stereocenters. The van der Waals surface area contributed by atoms with Crippen LogP contribution < -0.4 is 16.0 Å². The molecule has 0 fully saturated rings. The van der Waals surface area contributed by atoms with Crippen LogP contribution in [0.3, 0.4) is 0 Å². The fraction of sp³-hybridized carbons (Fsp3) is 0.188. The first-order valence-corrected chi connectivity index (χ1v) is 7.14. The summed E-state index contributed by atoms with van der Waals surface area (Å²) in [6.07, 6.45) is 1.40. The van der Waals surface area contributed by atoms with Gasteiger partial charge in [-0.15, -0.1) is 0 Å². The first kappa shape index (κ1) is 17.2. The Bertz CT molecular complexity index is 744. The van der Waals surface area contributed by atoms with E-state index in [-0.39, 0.29) is 30.3 Å². The summed E-state index contributed by atoms with van der Waals surface area (Å²) in [5.41, 5.74) is 0.314. The summed E-state index contributed by atoms with van der Waals surface area (Å²) < 4.78 is 18.4. The summed E-state index contributed by atoms with van der Waals surface area (Å²) in [6.45, 7) is 1.37. The van der Waals surface area contributed by atoms with Crippen molar-refractivity contribution in [2.24, 2.45) is 0 Å². The van der Waals surface area contributed by atoms with Gasteiger partial charge in [0.1, 0.15) is 5.82 Å². The van der Waals surface area contributed by atoms with E-state index in [0.717, 1.165) is 6.07 Å². The van der Waals surface area contributed by atoms with E-state index in [0.29, 0.717) is 5.69 Å². The maximum absolute atomic E-state index is 13.5. The number of amides is 3. The van der Waals surface area contributed by atoms with Crippen LogP contribution in [0, 0.1) is 5.82 Å². The van der Waals surface area contributed by atoms with Gasteiger partial charge in [0.05, 0.1) is 12.0 Å². The summed E-state index contributed by atoms with van der Waals surface area (Å²) in [6, 6.07) is 6.93. The largest absolute Gasteiger partial charge is 0.459 e. The number of furan rings is 1. The Morgan fingerprint density at radius 2 is 1.96 bits per heavy atom. The van der Waals surface area contributed by atoms with Crippen molar-refractivity contribution in [3.05, 3.63) is 48.2 Å². The monoisotopic (exact) mass is 333 g/mol. The highest BCUT2D eigenvalue weighted by Crippen LogP contribution is 2.19. The second-order valence-corrected chi connectivity index (χ2v) is 4.91. The van der Waals surface area contributed by atoms with E-state index in [1.807, 2.05) is 0 Å². The SMILES string of the molecule is CC(=O)Nc1cc(NC(=O)CCNC(=O)c2ccco2)ccc1F. The Morgan fingerprint density at radius 1 is 1.17 bits per heavy atom. The number of nitrogens with one attached hydrogen (secondary N) is 3. The molecule has 2 rings (SSSR count). The van der Waals surface area contributed by atoms with Crippen LogP contribution in [0.1, 0.15) is 23.9 Å². The average Bonchev–Trinajstić information content (AvgIpc) is 3.04. The molecule has 3 amide bonds. The summed E-state index contributed by atoms with van der Waals surface area (Å²) in [5, 5.41) is 7.43. The molecule has 24 heavy (non-hydrogen) atoms. The van der Waals surface area contributed by atoms with Gasteiger partial charge in [0.15, 0.2) is 5.76 Å². The van der Waals surface area contributed by atoms with Crippen LogP contribution in [0.2, 0.25) is 0 Å². The Hall–Kier alpha value is -3.16. The minimum absolute atomic E-state index is 0.0218. The van der Waals surface area contributed by atoms with Crippen LogP contribution in [0.5, 0.6) is 0 Å². The van der Waals surface area contributed by atoms with E-state index < -0.39 is 17.6 Å². The number of hydrogen-bond acceptors (Lipinski definition) is 4. The van der Waals surface area contributed by atoms with Crippen LogP contribution in [0.15, 0.2) is 41.0 Å². The average molecular weight is 333 g/mol. The molecule has 0 aliphatic rings.